The molecular weight excluding hydrogens is 1010 g/mol. The zero-order chi connectivity index (χ0) is 53.5. The molecule has 0 unspecified atom stereocenters. The van der Waals surface area contributed by atoms with E-state index in [0.717, 1.165) is 24.8 Å². The molecule has 28 heteroatoms. The molecule has 8 aromatic rings. The van der Waals surface area contributed by atoms with Crippen LogP contribution >= 0.6 is 0 Å². The summed E-state index contributed by atoms with van der Waals surface area (Å²) < 4.78 is 104. The third kappa shape index (κ3) is 11.4. The predicted molar refractivity (Wildman–Crippen MR) is 262 cm³/mol. The van der Waals surface area contributed by atoms with Gasteiger partial charge in [0.2, 0.25) is 11.8 Å². The number of sulfone groups is 2. The Morgan fingerprint density at radius 1 is 0.541 bits per heavy atom. The molecule has 8 heterocycles. The number of pyridine rings is 4. The summed E-state index contributed by atoms with van der Waals surface area (Å²) >= 11 is 0. The first-order valence-electron chi connectivity index (χ1n) is 22.1. The van der Waals surface area contributed by atoms with Gasteiger partial charge >= 0.3 is 0 Å². The second-order valence-electron chi connectivity index (χ2n) is 16.2. The highest BCUT2D eigenvalue weighted by atomic mass is 32.2. The lowest BCUT2D eigenvalue weighted by atomic mass is 10.1. The van der Waals surface area contributed by atoms with Crippen molar-refractivity contribution in [2.24, 2.45) is 0 Å². The van der Waals surface area contributed by atoms with Crippen LogP contribution in [0.2, 0.25) is 0 Å². The molecule has 0 saturated carbocycles. The number of ether oxygens (including phenoxy) is 4. The van der Waals surface area contributed by atoms with Crippen LogP contribution in [0.5, 0.6) is 23.3 Å². The molecule has 0 radical (unpaired) electrons. The summed E-state index contributed by atoms with van der Waals surface area (Å²) in [5, 5.41) is 14.6. The molecule has 0 aliphatic heterocycles. The molecule has 8 aromatic heterocycles. The predicted octanol–water partition coefficient (Wildman–Crippen LogP) is 4.14. The molecule has 8 rings (SSSR count). The smallest absolute Gasteiger partial charge is 0.276 e. The lowest BCUT2D eigenvalue weighted by molar-refractivity contribution is 0.398. The van der Waals surface area contributed by atoms with Crippen molar-refractivity contribution in [2.75, 3.05) is 28.4 Å². The molecule has 24 nitrogen and oxygen atoms in total. The highest BCUT2D eigenvalue weighted by molar-refractivity contribution is 7.91. The van der Waals surface area contributed by atoms with Crippen molar-refractivity contribution in [3.05, 3.63) is 141 Å². The van der Waals surface area contributed by atoms with E-state index in [1.54, 1.807) is 50.2 Å². The molecule has 0 aliphatic rings. The van der Waals surface area contributed by atoms with Crippen LogP contribution in [0.15, 0.2) is 95.3 Å². The average molecular weight is 1060 g/mol. The highest BCUT2D eigenvalue weighted by Crippen LogP contribution is 2.32. The number of H-pyrrole nitrogens is 2. The van der Waals surface area contributed by atoms with Gasteiger partial charge in [0.1, 0.15) is 46.0 Å². The molecule has 0 bridgehead atoms. The molecule has 4 atom stereocenters. The minimum absolute atomic E-state index is 0.0117. The lowest BCUT2D eigenvalue weighted by Crippen LogP contribution is -2.28. The number of hydrogen-bond donors (Lipinski definition) is 2. The first-order valence-corrected chi connectivity index (χ1v) is 25.6. The summed E-state index contributed by atoms with van der Waals surface area (Å²) in [4.78, 5) is 55.3. The van der Waals surface area contributed by atoms with Gasteiger partial charge in [-0.05, 0) is 38.1 Å². The Labute approximate surface area is 421 Å². The summed E-state index contributed by atoms with van der Waals surface area (Å²) in [5.74, 6) is -2.27. The Morgan fingerprint density at radius 2 is 0.905 bits per heavy atom. The van der Waals surface area contributed by atoms with Gasteiger partial charge in [0.05, 0.1) is 63.7 Å². The number of halogens is 2. The fourth-order valence-electron chi connectivity index (χ4n) is 7.36. The van der Waals surface area contributed by atoms with Crippen LogP contribution in [0.25, 0.3) is 34.4 Å². The molecule has 0 aromatic carbocycles. The van der Waals surface area contributed by atoms with E-state index in [9.17, 15) is 35.2 Å². The Kier molecular flexibility index (Phi) is 16.3. The van der Waals surface area contributed by atoms with Gasteiger partial charge in [-0.2, -0.15) is 0 Å². The van der Waals surface area contributed by atoms with Crippen LogP contribution in [0.1, 0.15) is 62.8 Å². The van der Waals surface area contributed by atoms with E-state index in [1.807, 2.05) is 0 Å². The van der Waals surface area contributed by atoms with Crippen LogP contribution < -0.4 is 30.1 Å². The molecule has 0 fully saturated rings. The summed E-state index contributed by atoms with van der Waals surface area (Å²) in [6.45, 7) is 6.29. The molecule has 0 aliphatic carbocycles. The van der Waals surface area contributed by atoms with Crippen LogP contribution in [-0.2, 0) is 31.2 Å². The number of aromatic nitrogens is 14. The summed E-state index contributed by atoms with van der Waals surface area (Å²) in [6, 6.07) is 12.9. The van der Waals surface area contributed by atoms with Crippen molar-refractivity contribution in [1.29, 1.82) is 0 Å². The zero-order valence-electron chi connectivity index (χ0n) is 40.8. The van der Waals surface area contributed by atoms with Crippen LogP contribution in [0.3, 0.4) is 0 Å². The van der Waals surface area contributed by atoms with Crippen LogP contribution in [0, 0.1) is 11.6 Å². The number of nitrogens with one attached hydrogen (secondary N) is 2. The second-order valence-corrected chi connectivity index (χ2v) is 21.0. The van der Waals surface area contributed by atoms with Gasteiger partial charge in [-0.1, -0.05) is 26.0 Å². The first-order chi connectivity index (χ1) is 35.3. The van der Waals surface area contributed by atoms with E-state index in [4.69, 9.17) is 18.9 Å². The number of rotatable bonds is 18. The van der Waals surface area contributed by atoms with E-state index in [1.165, 1.54) is 75.9 Å². The van der Waals surface area contributed by atoms with E-state index >= 15 is 0 Å². The quantitative estimate of drug-likeness (QED) is 0.122. The van der Waals surface area contributed by atoms with Gasteiger partial charge < -0.3 is 28.9 Å². The molecule has 388 valence electrons. The van der Waals surface area contributed by atoms with Gasteiger partial charge in [-0.3, -0.25) is 18.7 Å². The van der Waals surface area contributed by atoms with Gasteiger partial charge in [0.15, 0.2) is 66.0 Å². The van der Waals surface area contributed by atoms with Gasteiger partial charge in [-0.15, -0.1) is 20.4 Å². The maximum atomic E-state index is 13.5. The highest BCUT2D eigenvalue weighted by Gasteiger charge is 2.35. The number of nitrogens with zero attached hydrogens (tertiary/aromatic N) is 12. The number of methoxy groups -OCH3 is 4. The van der Waals surface area contributed by atoms with Gasteiger partial charge in [0, 0.05) is 36.4 Å². The fourth-order valence-corrected chi connectivity index (χ4v) is 10.5. The van der Waals surface area contributed by atoms with Crippen molar-refractivity contribution in [3.63, 3.8) is 0 Å². The Balaban J connectivity index is 0.000000216. The Hall–Kier alpha value is -8.40. The van der Waals surface area contributed by atoms with Crippen molar-refractivity contribution in [2.45, 2.75) is 61.5 Å². The standard InChI is InChI=1S/2C23H24FN7O5S/c2*1-13(21-26-10-15(24)11-27-21)14(2)37(33,34)12-18-29-30-22(16-6-5-7-19(28-16)36-4)31(18)20-17(35-3)8-9-25-23(20)32/h2*5-11,13-14H,12H2,1-4H3,(H,25,32)/t2*13-,14-/m00/s1. The van der Waals surface area contributed by atoms with E-state index in [0.29, 0.717) is 11.4 Å². The van der Waals surface area contributed by atoms with E-state index < -0.39 is 76.3 Å². The van der Waals surface area contributed by atoms with Crippen molar-refractivity contribution >= 4 is 19.7 Å². The normalized spacial score (nSPS) is 13.2. The van der Waals surface area contributed by atoms with Crippen molar-refractivity contribution < 1.29 is 44.6 Å². The SMILES string of the molecule is COc1cccc(-c2nnc(CS(=O)(=O)[C@@H](C)[C@H](C)c3ncc(F)cn3)n2-c2c(OC)cc[nH]c2=O)n1.COc1cccc(-c2nnc(CS(=O)(=O)[C@@H](C)[C@H](C)c3ncc(F)cn3)n2-c2c(OC)cc[nH]c2=O)n1. The van der Waals surface area contributed by atoms with E-state index in [-0.39, 0.29) is 69.6 Å². The lowest BCUT2D eigenvalue weighted by Gasteiger charge is -2.19. The summed E-state index contributed by atoms with van der Waals surface area (Å²) in [5.41, 5.74) is -0.542. The molecular formula is C46H48F2N14O10S2. The fraction of sp³-hybridized carbons (Fsp3) is 0.304. The maximum absolute atomic E-state index is 13.5. The Morgan fingerprint density at radius 3 is 1.24 bits per heavy atom. The van der Waals surface area contributed by atoms with E-state index in [2.05, 4.69) is 60.3 Å². The average Bonchev–Trinajstić information content (AvgIpc) is 4.00. The number of hydrogen-bond acceptors (Lipinski definition) is 20. The maximum Gasteiger partial charge on any atom is 0.276 e. The summed E-state index contributed by atoms with van der Waals surface area (Å²) in [7, 11) is -2.15. The third-order valence-electron chi connectivity index (χ3n) is 11.8. The largest absolute Gasteiger partial charge is 0.494 e. The van der Waals surface area contributed by atoms with Crippen molar-refractivity contribution in [3.8, 4) is 57.7 Å². The topological polar surface area (TPSA) is 310 Å². The molecule has 0 saturated heterocycles. The molecule has 2 N–H and O–H groups in total. The second kappa shape index (κ2) is 22.6. The zero-order valence-corrected chi connectivity index (χ0v) is 42.5. The summed E-state index contributed by atoms with van der Waals surface area (Å²) in [6.07, 6.45) is 6.74. The van der Waals surface area contributed by atoms with Crippen molar-refractivity contribution in [1.82, 2.24) is 69.4 Å². The number of aromatic amines is 2. The molecule has 0 amide bonds. The minimum atomic E-state index is -3.91. The van der Waals surface area contributed by atoms with Crippen LogP contribution in [0.4, 0.5) is 8.78 Å². The Bertz CT molecular complexity index is 3380. The van der Waals surface area contributed by atoms with Crippen LogP contribution in [-0.4, -0.2) is 125 Å². The molecule has 74 heavy (non-hydrogen) atoms. The first kappa shape index (κ1) is 53.4. The minimum Gasteiger partial charge on any atom is -0.494 e. The monoisotopic (exact) mass is 1060 g/mol. The molecule has 0 spiro atoms. The third-order valence-corrected chi connectivity index (χ3v) is 16.2. The van der Waals surface area contributed by atoms with Gasteiger partial charge in [-0.25, -0.2) is 55.5 Å². The van der Waals surface area contributed by atoms with Gasteiger partial charge in [0.25, 0.3) is 11.1 Å².